The van der Waals surface area contributed by atoms with Crippen molar-refractivity contribution in [1.82, 2.24) is 0 Å². The Morgan fingerprint density at radius 3 is 2.54 bits per heavy atom. The molecule has 1 amide bonds. The van der Waals surface area contributed by atoms with Gasteiger partial charge < -0.3 is 0 Å². The number of hydrogen-bond acceptors (Lipinski definition) is 2. The lowest BCUT2D eigenvalue weighted by atomic mass is 10.1. The lowest BCUT2D eigenvalue weighted by molar-refractivity contribution is -0.137. The van der Waals surface area contributed by atoms with E-state index in [-0.39, 0.29) is 22.0 Å². The average molecular weight is 376 g/mol. The molecule has 1 heterocycles. The maximum atomic E-state index is 14.2. The number of carbonyl (C=O) groups is 1. The second-order valence-electron chi connectivity index (χ2n) is 5.11. The number of halogens is 5. The highest BCUT2D eigenvalue weighted by atomic mass is 35.5. The average Bonchev–Trinajstić information content (AvgIpc) is 2.88. The first kappa shape index (κ1) is 17.1. The quantitative estimate of drug-likeness (QED) is 0.666. The van der Waals surface area contributed by atoms with Crippen LogP contribution in [0.5, 0.6) is 0 Å². The summed E-state index contributed by atoms with van der Waals surface area (Å²) < 4.78 is 52.9. The highest BCUT2D eigenvalue weighted by molar-refractivity contribution is 8.00. The van der Waals surface area contributed by atoms with Crippen LogP contribution in [-0.4, -0.2) is 11.7 Å². The van der Waals surface area contributed by atoms with Crippen LogP contribution in [0.15, 0.2) is 42.5 Å². The van der Waals surface area contributed by atoms with Crippen LogP contribution >= 0.6 is 23.4 Å². The molecule has 2 aromatic rings. The number of thioether (sulfide) groups is 1. The lowest BCUT2D eigenvalue weighted by Crippen LogP contribution is -2.28. The Morgan fingerprint density at radius 1 is 1.17 bits per heavy atom. The van der Waals surface area contributed by atoms with Crippen LogP contribution in [0.1, 0.15) is 16.5 Å². The van der Waals surface area contributed by atoms with Gasteiger partial charge >= 0.3 is 6.18 Å². The maximum absolute atomic E-state index is 14.2. The fraction of sp³-hybridized carbons (Fsp3) is 0.188. The molecular weight excluding hydrogens is 366 g/mol. The molecule has 0 N–H and O–H groups in total. The van der Waals surface area contributed by atoms with Crippen molar-refractivity contribution < 1.29 is 22.4 Å². The molecule has 0 bridgehead atoms. The summed E-state index contributed by atoms with van der Waals surface area (Å²) in [5.41, 5.74) is -0.723. The van der Waals surface area contributed by atoms with Crippen molar-refractivity contribution in [2.24, 2.45) is 0 Å². The third-order valence-corrected chi connectivity index (χ3v) is 5.07. The normalized spacial score (nSPS) is 18.3. The molecule has 2 aromatic carbocycles. The van der Waals surface area contributed by atoms with Crippen molar-refractivity contribution in [3.8, 4) is 0 Å². The van der Waals surface area contributed by atoms with Crippen LogP contribution < -0.4 is 4.90 Å². The van der Waals surface area contributed by atoms with Gasteiger partial charge in [0.05, 0.1) is 11.3 Å². The molecule has 1 aliphatic heterocycles. The Kier molecular flexibility index (Phi) is 4.48. The van der Waals surface area contributed by atoms with Crippen molar-refractivity contribution in [2.75, 3.05) is 10.7 Å². The number of hydrogen-bond donors (Lipinski definition) is 0. The van der Waals surface area contributed by atoms with Gasteiger partial charge in [-0.1, -0.05) is 23.7 Å². The molecule has 0 aliphatic carbocycles. The summed E-state index contributed by atoms with van der Waals surface area (Å²) in [5.74, 6) is -0.971. The zero-order valence-corrected chi connectivity index (χ0v) is 13.6. The maximum Gasteiger partial charge on any atom is 0.416 e. The smallest absolute Gasteiger partial charge is 0.295 e. The molecule has 3 rings (SSSR count). The zero-order chi connectivity index (χ0) is 17.5. The van der Waals surface area contributed by atoms with Gasteiger partial charge in [0.15, 0.2) is 0 Å². The molecule has 1 aliphatic rings. The van der Waals surface area contributed by atoms with E-state index in [9.17, 15) is 22.4 Å². The number of rotatable bonds is 2. The summed E-state index contributed by atoms with van der Waals surface area (Å²) >= 11 is 7.16. The largest absolute Gasteiger partial charge is 0.416 e. The first-order chi connectivity index (χ1) is 11.3. The van der Waals surface area contributed by atoms with Gasteiger partial charge in [0.2, 0.25) is 5.91 Å². The Bertz CT molecular complexity index is 776. The Morgan fingerprint density at radius 2 is 1.88 bits per heavy atom. The first-order valence-corrected chi connectivity index (χ1v) is 8.26. The number of carbonyl (C=O) groups excluding carboxylic acids is 1. The molecule has 0 radical (unpaired) electrons. The van der Waals surface area contributed by atoms with Gasteiger partial charge in [0.1, 0.15) is 11.2 Å². The lowest BCUT2D eigenvalue weighted by Gasteiger charge is -2.26. The molecule has 0 spiro atoms. The third kappa shape index (κ3) is 3.10. The van der Waals surface area contributed by atoms with Gasteiger partial charge in [-0.05, 0) is 30.3 Å². The summed E-state index contributed by atoms with van der Waals surface area (Å²) in [6, 6.07) is 8.52. The molecule has 0 aromatic heterocycles. The van der Waals surface area contributed by atoms with E-state index in [1.54, 1.807) is 0 Å². The van der Waals surface area contributed by atoms with Crippen LogP contribution in [0.3, 0.4) is 0 Å². The predicted molar refractivity (Wildman–Crippen MR) is 85.5 cm³/mol. The third-order valence-electron chi connectivity index (χ3n) is 3.57. The van der Waals surface area contributed by atoms with Crippen molar-refractivity contribution >= 4 is 35.0 Å². The SMILES string of the molecule is O=C1CS[C@H](c2c(F)cccc2Cl)N1c1cccc(C(F)(F)F)c1. The van der Waals surface area contributed by atoms with E-state index in [1.807, 2.05) is 0 Å². The predicted octanol–water partition coefficient (Wildman–Crippen LogP) is 5.28. The van der Waals surface area contributed by atoms with Gasteiger partial charge in [-0.3, -0.25) is 9.69 Å². The highest BCUT2D eigenvalue weighted by Gasteiger charge is 2.38. The number of alkyl halides is 3. The van der Waals surface area contributed by atoms with E-state index >= 15 is 0 Å². The second-order valence-corrected chi connectivity index (χ2v) is 6.59. The van der Waals surface area contributed by atoms with E-state index in [0.29, 0.717) is 0 Å². The van der Waals surface area contributed by atoms with Gasteiger partial charge in [0.25, 0.3) is 0 Å². The van der Waals surface area contributed by atoms with E-state index in [0.717, 1.165) is 28.8 Å². The molecule has 1 atom stereocenters. The Hall–Kier alpha value is -1.73. The number of anilines is 1. The monoisotopic (exact) mass is 375 g/mol. The van der Waals surface area contributed by atoms with Crippen LogP contribution in [0.2, 0.25) is 5.02 Å². The van der Waals surface area contributed by atoms with Gasteiger partial charge in [-0.25, -0.2) is 4.39 Å². The van der Waals surface area contributed by atoms with Crippen LogP contribution in [-0.2, 0) is 11.0 Å². The molecule has 1 fully saturated rings. The van der Waals surface area contributed by atoms with Crippen molar-refractivity contribution in [3.63, 3.8) is 0 Å². The van der Waals surface area contributed by atoms with Crippen molar-refractivity contribution in [1.29, 1.82) is 0 Å². The summed E-state index contributed by atoms with van der Waals surface area (Å²) in [6.45, 7) is 0. The fourth-order valence-electron chi connectivity index (χ4n) is 2.50. The summed E-state index contributed by atoms with van der Waals surface area (Å²) in [4.78, 5) is 13.4. The molecule has 0 saturated carbocycles. The van der Waals surface area contributed by atoms with Crippen LogP contribution in [0, 0.1) is 5.82 Å². The first-order valence-electron chi connectivity index (χ1n) is 6.84. The van der Waals surface area contributed by atoms with E-state index < -0.39 is 28.8 Å². The number of benzene rings is 2. The van der Waals surface area contributed by atoms with Crippen molar-refractivity contribution in [2.45, 2.75) is 11.6 Å². The number of nitrogens with zero attached hydrogens (tertiary/aromatic N) is 1. The Balaban J connectivity index is 2.07. The minimum absolute atomic E-state index is 0.0333. The molecule has 0 unspecified atom stereocenters. The van der Waals surface area contributed by atoms with E-state index in [2.05, 4.69) is 0 Å². The summed E-state index contributed by atoms with van der Waals surface area (Å²) in [6.07, 6.45) is -4.53. The minimum Gasteiger partial charge on any atom is -0.295 e. The van der Waals surface area contributed by atoms with E-state index in [4.69, 9.17) is 11.6 Å². The number of amides is 1. The molecule has 24 heavy (non-hydrogen) atoms. The van der Waals surface area contributed by atoms with Crippen LogP contribution in [0.25, 0.3) is 0 Å². The second kappa shape index (κ2) is 6.29. The van der Waals surface area contributed by atoms with Gasteiger partial charge in [-0.2, -0.15) is 13.2 Å². The van der Waals surface area contributed by atoms with E-state index in [1.165, 1.54) is 30.3 Å². The van der Waals surface area contributed by atoms with Crippen molar-refractivity contribution in [3.05, 3.63) is 64.4 Å². The topological polar surface area (TPSA) is 20.3 Å². The molecule has 126 valence electrons. The zero-order valence-electron chi connectivity index (χ0n) is 12.0. The van der Waals surface area contributed by atoms with Gasteiger partial charge in [-0.15, -0.1) is 11.8 Å². The van der Waals surface area contributed by atoms with Crippen LogP contribution in [0.4, 0.5) is 23.2 Å². The fourth-order valence-corrected chi connectivity index (χ4v) is 4.06. The molecule has 1 saturated heterocycles. The molecule has 8 heteroatoms. The molecular formula is C16H10ClF4NOS. The molecule has 2 nitrogen and oxygen atoms in total. The van der Waals surface area contributed by atoms with Gasteiger partial charge in [0, 0.05) is 16.3 Å². The Labute approximate surface area is 144 Å². The minimum atomic E-state index is -4.53. The standard InChI is InChI=1S/C16H10ClF4NOS/c17-11-5-2-6-12(18)14(11)15-22(13(23)8-24-15)10-4-1-3-9(7-10)16(19,20)21/h1-7,15H,8H2/t15-/m1/s1. The summed E-state index contributed by atoms with van der Waals surface area (Å²) in [7, 11) is 0. The summed E-state index contributed by atoms with van der Waals surface area (Å²) in [5, 5.41) is -0.686. The highest BCUT2D eigenvalue weighted by Crippen LogP contribution is 2.45.